The first-order valence-corrected chi connectivity index (χ1v) is 4.52. The van der Waals surface area contributed by atoms with E-state index in [1.54, 1.807) is 0 Å². The second kappa shape index (κ2) is 1.97. The van der Waals surface area contributed by atoms with Crippen LogP contribution in [0.4, 0.5) is 0 Å². The predicted octanol–water partition coefficient (Wildman–Crippen LogP) is 1.91. The van der Waals surface area contributed by atoms with Crippen molar-refractivity contribution in [1.82, 2.24) is 0 Å². The van der Waals surface area contributed by atoms with Gasteiger partial charge in [0.15, 0.2) is 0 Å². The van der Waals surface area contributed by atoms with Gasteiger partial charge in [-0.25, -0.2) is 0 Å². The van der Waals surface area contributed by atoms with Gasteiger partial charge in [-0.15, -0.1) is 0 Å². The van der Waals surface area contributed by atoms with Gasteiger partial charge in [0.25, 0.3) is 0 Å². The lowest BCUT2D eigenvalue weighted by atomic mass is 9.78. The Morgan fingerprint density at radius 2 is 2.40 bits per heavy atom. The summed E-state index contributed by atoms with van der Waals surface area (Å²) in [6.45, 7) is 2.30. The van der Waals surface area contributed by atoms with E-state index in [0.29, 0.717) is 11.5 Å². The Morgan fingerprint density at radius 1 is 1.60 bits per heavy atom. The van der Waals surface area contributed by atoms with Crippen molar-refractivity contribution in [3.63, 3.8) is 0 Å². The van der Waals surface area contributed by atoms with E-state index in [0.717, 1.165) is 5.92 Å². The lowest BCUT2D eigenvalue weighted by Crippen LogP contribution is -2.36. The van der Waals surface area contributed by atoms with E-state index in [2.05, 4.69) is 6.92 Å². The summed E-state index contributed by atoms with van der Waals surface area (Å²) >= 11 is 0. The standard InChI is InChI=1S/C9H17N/c1-2-9-4-3-7(6-9)5-8(9)10/h7-8H,2-6,10H2,1H3/t7-,8+,9-/m1/s1. The molecule has 2 bridgehead atoms. The van der Waals surface area contributed by atoms with Crippen LogP contribution in [0, 0.1) is 11.3 Å². The first kappa shape index (κ1) is 6.66. The molecule has 1 heteroatoms. The molecule has 0 unspecified atom stereocenters. The number of fused-ring (bicyclic) bond motifs is 2. The molecule has 0 spiro atoms. The fourth-order valence-electron chi connectivity index (χ4n) is 3.00. The van der Waals surface area contributed by atoms with Crippen LogP contribution in [-0.2, 0) is 0 Å². The van der Waals surface area contributed by atoms with Crippen LogP contribution in [0.3, 0.4) is 0 Å². The molecule has 2 aliphatic carbocycles. The SMILES string of the molecule is CC[C@]12CC[C@H](C[C@@H]1N)C2. The van der Waals surface area contributed by atoms with E-state index in [1.807, 2.05) is 0 Å². The van der Waals surface area contributed by atoms with E-state index < -0.39 is 0 Å². The van der Waals surface area contributed by atoms with Gasteiger partial charge in [-0.2, -0.15) is 0 Å². The third-order valence-corrected chi connectivity index (χ3v) is 3.82. The molecule has 2 saturated carbocycles. The van der Waals surface area contributed by atoms with Gasteiger partial charge >= 0.3 is 0 Å². The maximum atomic E-state index is 6.07. The average Bonchev–Trinajstić information content (AvgIpc) is 2.44. The molecule has 2 fully saturated rings. The number of hydrogen-bond donors (Lipinski definition) is 1. The third-order valence-electron chi connectivity index (χ3n) is 3.82. The summed E-state index contributed by atoms with van der Waals surface area (Å²) in [5.74, 6) is 0.995. The smallest absolute Gasteiger partial charge is 0.00982 e. The van der Waals surface area contributed by atoms with Crippen molar-refractivity contribution in [3.8, 4) is 0 Å². The Balaban J connectivity index is 2.19. The summed E-state index contributed by atoms with van der Waals surface area (Å²) in [5.41, 5.74) is 6.65. The molecule has 2 aliphatic rings. The predicted molar refractivity (Wildman–Crippen MR) is 42.7 cm³/mol. The monoisotopic (exact) mass is 139 g/mol. The summed E-state index contributed by atoms with van der Waals surface area (Å²) < 4.78 is 0. The van der Waals surface area contributed by atoms with E-state index in [-0.39, 0.29) is 0 Å². The third kappa shape index (κ3) is 0.672. The van der Waals surface area contributed by atoms with Gasteiger partial charge in [-0.1, -0.05) is 6.92 Å². The molecule has 0 aromatic carbocycles. The molecule has 0 saturated heterocycles. The van der Waals surface area contributed by atoms with Crippen LogP contribution in [0.2, 0.25) is 0 Å². The average molecular weight is 139 g/mol. The summed E-state index contributed by atoms with van der Waals surface area (Å²) in [6.07, 6.45) is 6.93. The van der Waals surface area contributed by atoms with Crippen LogP contribution in [0.25, 0.3) is 0 Å². The summed E-state index contributed by atoms with van der Waals surface area (Å²) in [6, 6.07) is 0.538. The van der Waals surface area contributed by atoms with Crippen molar-refractivity contribution in [1.29, 1.82) is 0 Å². The molecule has 3 atom stereocenters. The second-order valence-corrected chi connectivity index (χ2v) is 4.17. The summed E-state index contributed by atoms with van der Waals surface area (Å²) in [5, 5.41) is 0. The Kier molecular flexibility index (Phi) is 1.31. The lowest BCUT2D eigenvalue weighted by molar-refractivity contribution is 0.241. The number of rotatable bonds is 1. The van der Waals surface area contributed by atoms with Crippen molar-refractivity contribution < 1.29 is 0 Å². The fourth-order valence-corrected chi connectivity index (χ4v) is 3.00. The lowest BCUT2D eigenvalue weighted by Gasteiger charge is -2.31. The van der Waals surface area contributed by atoms with Crippen LogP contribution in [-0.4, -0.2) is 6.04 Å². The van der Waals surface area contributed by atoms with Gasteiger partial charge in [0.1, 0.15) is 0 Å². The van der Waals surface area contributed by atoms with Gasteiger partial charge in [-0.05, 0) is 43.4 Å². The molecule has 0 aliphatic heterocycles. The second-order valence-electron chi connectivity index (χ2n) is 4.17. The summed E-state index contributed by atoms with van der Waals surface area (Å²) in [7, 11) is 0. The van der Waals surface area contributed by atoms with Gasteiger partial charge in [0.05, 0.1) is 0 Å². The molecule has 0 aromatic rings. The van der Waals surface area contributed by atoms with Crippen LogP contribution in [0.15, 0.2) is 0 Å². The van der Waals surface area contributed by atoms with Crippen LogP contribution in [0.5, 0.6) is 0 Å². The van der Waals surface area contributed by atoms with Crippen molar-refractivity contribution >= 4 is 0 Å². The van der Waals surface area contributed by atoms with E-state index in [1.165, 1.54) is 32.1 Å². The number of nitrogens with two attached hydrogens (primary N) is 1. The van der Waals surface area contributed by atoms with Crippen LogP contribution in [0.1, 0.15) is 39.0 Å². The fraction of sp³-hybridized carbons (Fsp3) is 1.00. The number of hydrogen-bond acceptors (Lipinski definition) is 1. The molecule has 58 valence electrons. The van der Waals surface area contributed by atoms with Crippen molar-refractivity contribution in [2.24, 2.45) is 17.1 Å². The maximum absolute atomic E-state index is 6.07. The molecule has 1 nitrogen and oxygen atoms in total. The van der Waals surface area contributed by atoms with Gasteiger partial charge in [-0.3, -0.25) is 0 Å². The molecular formula is C9H17N. The van der Waals surface area contributed by atoms with Gasteiger partial charge in [0.2, 0.25) is 0 Å². The Hall–Kier alpha value is -0.0400. The zero-order chi connectivity index (χ0) is 7.19. The van der Waals surface area contributed by atoms with Crippen molar-refractivity contribution in [2.75, 3.05) is 0 Å². The van der Waals surface area contributed by atoms with Crippen LogP contribution < -0.4 is 5.73 Å². The molecular weight excluding hydrogens is 122 g/mol. The minimum atomic E-state index is 0.538. The molecule has 0 heterocycles. The molecule has 2 rings (SSSR count). The zero-order valence-corrected chi connectivity index (χ0v) is 6.77. The maximum Gasteiger partial charge on any atom is 0.00982 e. The quantitative estimate of drug-likeness (QED) is 0.590. The first-order valence-electron chi connectivity index (χ1n) is 4.52. The minimum absolute atomic E-state index is 0.538. The Labute approximate surface area is 63.0 Å². The van der Waals surface area contributed by atoms with E-state index in [9.17, 15) is 0 Å². The molecule has 2 N–H and O–H groups in total. The zero-order valence-electron chi connectivity index (χ0n) is 6.77. The van der Waals surface area contributed by atoms with E-state index in [4.69, 9.17) is 5.73 Å². The topological polar surface area (TPSA) is 26.0 Å². The highest BCUT2D eigenvalue weighted by molar-refractivity contribution is 5.02. The van der Waals surface area contributed by atoms with Gasteiger partial charge in [0, 0.05) is 6.04 Å². The summed E-state index contributed by atoms with van der Waals surface area (Å²) in [4.78, 5) is 0. The van der Waals surface area contributed by atoms with E-state index >= 15 is 0 Å². The normalized spacial score (nSPS) is 52.2. The first-order chi connectivity index (χ1) is 4.77. The van der Waals surface area contributed by atoms with Crippen molar-refractivity contribution in [3.05, 3.63) is 0 Å². The van der Waals surface area contributed by atoms with Crippen LogP contribution >= 0.6 is 0 Å². The molecule has 0 aromatic heterocycles. The Bertz CT molecular complexity index is 144. The highest BCUT2D eigenvalue weighted by atomic mass is 14.7. The Morgan fingerprint density at radius 3 is 2.70 bits per heavy atom. The molecule has 0 amide bonds. The molecule has 0 radical (unpaired) electrons. The largest absolute Gasteiger partial charge is 0.327 e. The minimum Gasteiger partial charge on any atom is -0.327 e. The highest BCUT2D eigenvalue weighted by Gasteiger charge is 2.48. The van der Waals surface area contributed by atoms with Crippen molar-refractivity contribution in [2.45, 2.75) is 45.1 Å². The molecule has 10 heavy (non-hydrogen) atoms. The van der Waals surface area contributed by atoms with Gasteiger partial charge < -0.3 is 5.73 Å². The highest BCUT2D eigenvalue weighted by Crippen LogP contribution is 2.54.